The first-order valence-corrected chi connectivity index (χ1v) is 7.17. The van der Waals surface area contributed by atoms with Crippen LogP contribution in [0, 0.1) is 6.92 Å². The fourth-order valence-electron chi connectivity index (χ4n) is 2.72. The molecule has 0 aromatic heterocycles. The van der Waals surface area contributed by atoms with Crippen LogP contribution in [0.1, 0.15) is 35.2 Å². The van der Waals surface area contributed by atoms with E-state index in [2.05, 4.69) is 22.7 Å². The van der Waals surface area contributed by atoms with E-state index in [0.29, 0.717) is 18.2 Å². The normalized spacial score (nSPS) is 19.6. The van der Waals surface area contributed by atoms with Crippen LogP contribution in [0.25, 0.3) is 0 Å². The molecule has 1 fully saturated rings. The van der Waals surface area contributed by atoms with Crippen molar-refractivity contribution < 1.29 is 4.79 Å². The van der Waals surface area contributed by atoms with Crippen molar-refractivity contribution in [1.82, 2.24) is 10.2 Å². The molecule has 0 spiro atoms. The molecule has 0 aliphatic carbocycles. The Morgan fingerprint density at radius 2 is 2.25 bits per heavy atom. The lowest BCUT2D eigenvalue weighted by atomic mass is 10.0. The summed E-state index contributed by atoms with van der Waals surface area (Å²) in [5, 5.41) is 3.05. The fourth-order valence-corrected chi connectivity index (χ4v) is 2.72. The Morgan fingerprint density at radius 3 is 2.90 bits per heavy atom. The standard InChI is InChI=1S/C15H24N4O/c1-11-9-12(18-16)6-7-14(11)15(20)17-10-13-5-3-4-8-19(13)2/h6-7,9,13,18H,3-5,8,10,16H2,1-2H3,(H,17,20). The van der Waals surface area contributed by atoms with Crippen molar-refractivity contribution in [3.63, 3.8) is 0 Å². The lowest BCUT2D eigenvalue weighted by Crippen LogP contribution is -2.44. The summed E-state index contributed by atoms with van der Waals surface area (Å²) in [7, 11) is 2.13. The molecule has 4 N–H and O–H groups in total. The van der Waals surface area contributed by atoms with Crippen molar-refractivity contribution in [1.29, 1.82) is 0 Å². The molecule has 1 unspecified atom stereocenters. The number of nitrogen functional groups attached to an aromatic ring is 1. The Balaban J connectivity index is 1.94. The van der Waals surface area contributed by atoms with E-state index in [1.807, 2.05) is 25.1 Å². The van der Waals surface area contributed by atoms with Crippen LogP contribution < -0.4 is 16.6 Å². The smallest absolute Gasteiger partial charge is 0.251 e. The minimum Gasteiger partial charge on any atom is -0.350 e. The predicted octanol–water partition coefficient (Wildman–Crippen LogP) is 1.49. The molecule has 2 rings (SSSR count). The van der Waals surface area contributed by atoms with Crippen LogP contribution in [-0.2, 0) is 0 Å². The highest BCUT2D eigenvalue weighted by Gasteiger charge is 2.19. The van der Waals surface area contributed by atoms with Crippen molar-refractivity contribution in [2.24, 2.45) is 5.84 Å². The number of rotatable bonds is 4. The van der Waals surface area contributed by atoms with Crippen LogP contribution in [-0.4, -0.2) is 37.0 Å². The van der Waals surface area contributed by atoms with Crippen molar-refractivity contribution in [2.45, 2.75) is 32.2 Å². The first kappa shape index (κ1) is 14.8. The van der Waals surface area contributed by atoms with E-state index < -0.39 is 0 Å². The minimum atomic E-state index is -0.00922. The van der Waals surface area contributed by atoms with E-state index in [4.69, 9.17) is 5.84 Å². The summed E-state index contributed by atoms with van der Waals surface area (Å²) < 4.78 is 0. The van der Waals surface area contributed by atoms with E-state index in [0.717, 1.165) is 24.2 Å². The maximum atomic E-state index is 12.2. The third-order valence-electron chi connectivity index (χ3n) is 4.06. The number of likely N-dealkylation sites (tertiary alicyclic amines) is 1. The van der Waals surface area contributed by atoms with Gasteiger partial charge in [-0.2, -0.15) is 0 Å². The number of hydrogen-bond acceptors (Lipinski definition) is 4. The first-order valence-electron chi connectivity index (χ1n) is 7.17. The van der Waals surface area contributed by atoms with Crippen molar-refractivity contribution in [2.75, 3.05) is 25.6 Å². The second kappa shape index (κ2) is 6.72. The summed E-state index contributed by atoms with van der Waals surface area (Å²) in [4.78, 5) is 14.6. The SMILES string of the molecule is Cc1cc(NN)ccc1C(=O)NCC1CCCCN1C. The molecule has 1 heterocycles. The number of nitrogens with zero attached hydrogens (tertiary/aromatic N) is 1. The summed E-state index contributed by atoms with van der Waals surface area (Å²) in [6.45, 7) is 3.75. The number of amides is 1. The number of likely N-dealkylation sites (N-methyl/N-ethyl adjacent to an activating group) is 1. The highest BCUT2D eigenvalue weighted by molar-refractivity contribution is 5.96. The third-order valence-corrected chi connectivity index (χ3v) is 4.06. The van der Waals surface area contributed by atoms with Gasteiger partial charge in [0.2, 0.25) is 0 Å². The number of carbonyl (C=O) groups excluding carboxylic acids is 1. The number of hydrazine groups is 1. The molecule has 20 heavy (non-hydrogen) atoms. The Labute approximate surface area is 120 Å². The van der Waals surface area contributed by atoms with Crippen LogP contribution in [0.15, 0.2) is 18.2 Å². The van der Waals surface area contributed by atoms with Crippen molar-refractivity contribution in [3.05, 3.63) is 29.3 Å². The second-order valence-corrected chi connectivity index (χ2v) is 5.51. The molecule has 1 aromatic carbocycles. The van der Waals surface area contributed by atoms with Gasteiger partial charge in [0, 0.05) is 23.8 Å². The Morgan fingerprint density at radius 1 is 1.45 bits per heavy atom. The molecule has 1 amide bonds. The zero-order chi connectivity index (χ0) is 14.5. The third kappa shape index (κ3) is 3.49. The van der Waals surface area contributed by atoms with Gasteiger partial charge < -0.3 is 15.6 Å². The zero-order valence-electron chi connectivity index (χ0n) is 12.3. The average Bonchev–Trinajstić information content (AvgIpc) is 2.46. The highest BCUT2D eigenvalue weighted by atomic mass is 16.1. The highest BCUT2D eigenvalue weighted by Crippen LogP contribution is 2.16. The number of hydrogen-bond donors (Lipinski definition) is 3. The van der Waals surface area contributed by atoms with E-state index in [1.165, 1.54) is 12.8 Å². The fraction of sp³-hybridized carbons (Fsp3) is 0.533. The molecule has 0 radical (unpaired) electrons. The van der Waals surface area contributed by atoms with Gasteiger partial charge in [-0.15, -0.1) is 0 Å². The molecule has 110 valence electrons. The molecule has 0 saturated carbocycles. The van der Waals surface area contributed by atoms with Gasteiger partial charge in [0.25, 0.3) is 5.91 Å². The van der Waals surface area contributed by atoms with Gasteiger partial charge in [-0.3, -0.25) is 10.6 Å². The number of benzene rings is 1. The zero-order valence-corrected chi connectivity index (χ0v) is 12.3. The quantitative estimate of drug-likeness (QED) is 0.576. The summed E-state index contributed by atoms with van der Waals surface area (Å²) in [6.07, 6.45) is 3.67. The molecule has 5 nitrogen and oxygen atoms in total. The monoisotopic (exact) mass is 276 g/mol. The summed E-state index contributed by atoms with van der Waals surface area (Å²) in [6, 6.07) is 5.96. The van der Waals surface area contributed by atoms with Gasteiger partial charge in [-0.25, -0.2) is 0 Å². The number of aryl methyl sites for hydroxylation is 1. The number of nitrogens with one attached hydrogen (secondary N) is 2. The molecule has 1 aromatic rings. The Hall–Kier alpha value is -1.59. The second-order valence-electron chi connectivity index (χ2n) is 5.51. The molecular weight excluding hydrogens is 252 g/mol. The molecule has 1 aliphatic heterocycles. The van der Waals surface area contributed by atoms with Crippen LogP contribution >= 0.6 is 0 Å². The molecule has 5 heteroatoms. The molecule has 1 aliphatic rings. The molecule has 1 saturated heterocycles. The lowest BCUT2D eigenvalue weighted by molar-refractivity contribution is 0.0928. The Bertz CT molecular complexity index is 475. The van der Waals surface area contributed by atoms with E-state index in [1.54, 1.807) is 0 Å². The van der Waals surface area contributed by atoms with Crippen molar-refractivity contribution >= 4 is 11.6 Å². The first-order chi connectivity index (χ1) is 9.61. The van der Waals surface area contributed by atoms with E-state index in [-0.39, 0.29) is 5.91 Å². The average molecular weight is 276 g/mol. The number of piperidine rings is 1. The molecule has 0 bridgehead atoms. The van der Waals surface area contributed by atoms with Crippen LogP contribution in [0.2, 0.25) is 0 Å². The predicted molar refractivity (Wildman–Crippen MR) is 81.6 cm³/mol. The van der Waals surface area contributed by atoms with Crippen LogP contribution in [0.5, 0.6) is 0 Å². The molecular formula is C15H24N4O. The van der Waals surface area contributed by atoms with Gasteiger partial charge in [0.1, 0.15) is 0 Å². The Kier molecular flexibility index (Phi) is 4.98. The number of nitrogens with two attached hydrogens (primary N) is 1. The van der Waals surface area contributed by atoms with Gasteiger partial charge >= 0.3 is 0 Å². The maximum Gasteiger partial charge on any atom is 0.251 e. The van der Waals surface area contributed by atoms with Crippen LogP contribution in [0.3, 0.4) is 0 Å². The molecule has 1 atom stereocenters. The van der Waals surface area contributed by atoms with Gasteiger partial charge in [0.15, 0.2) is 0 Å². The maximum absolute atomic E-state index is 12.2. The summed E-state index contributed by atoms with van der Waals surface area (Å²) in [5.74, 6) is 5.35. The van der Waals surface area contributed by atoms with Gasteiger partial charge in [-0.05, 0) is 57.1 Å². The largest absolute Gasteiger partial charge is 0.350 e. The van der Waals surface area contributed by atoms with E-state index in [9.17, 15) is 4.79 Å². The van der Waals surface area contributed by atoms with Gasteiger partial charge in [-0.1, -0.05) is 6.42 Å². The minimum absolute atomic E-state index is 0.00922. The summed E-state index contributed by atoms with van der Waals surface area (Å²) in [5.41, 5.74) is 5.03. The van der Waals surface area contributed by atoms with Crippen molar-refractivity contribution in [3.8, 4) is 0 Å². The lowest BCUT2D eigenvalue weighted by Gasteiger charge is -2.32. The number of carbonyl (C=O) groups is 1. The van der Waals surface area contributed by atoms with Crippen LogP contribution in [0.4, 0.5) is 5.69 Å². The summed E-state index contributed by atoms with van der Waals surface area (Å²) >= 11 is 0. The topological polar surface area (TPSA) is 70.4 Å². The van der Waals surface area contributed by atoms with Gasteiger partial charge in [0.05, 0.1) is 0 Å². The number of anilines is 1. The van der Waals surface area contributed by atoms with E-state index >= 15 is 0 Å².